The van der Waals surface area contributed by atoms with Crippen molar-refractivity contribution in [3.63, 3.8) is 0 Å². The highest BCUT2D eigenvalue weighted by molar-refractivity contribution is 5.91. The number of carbonyl (C=O) groups is 1. The second kappa shape index (κ2) is 7.04. The molecule has 1 aliphatic rings. The van der Waals surface area contributed by atoms with E-state index < -0.39 is 0 Å². The molecule has 5 heteroatoms. The monoisotopic (exact) mass is 346 g/mol. The number of aromatic amines is 1. The number of urea groups is 1. The molecule has 5 nitrogen and oxygen atoms in total. The van der Waals surface area contributed by atoms with Crippen LogP contribution in [0.5, 0.6) is 0 Å². The first-order valence-electron chi connectivity index (χ1n) is 8.94. The number of carbonyl (C=O) groups excluding carboxylic acids is 1. The fourth-order valence-corrected chi connectivity index (χ4v) is 3.54. The lowest BCUT2D eigenvalue weighted by Gasteiger charge is -2.24. The van der Waals surface area contributed by atoms with Gasteiger partial charge in [-0.1, -0.05) is 36.4 Å². The Hall–Kier alpha value is -3.08. The van der Waals surface area contributed by atoms with Crippen molar-refractivity contribution in [2.24, 2.45) is 0 Å². The molecule has 1 aliphatic carbocycles. The van der Waals surface area contributed by atoms with Crippen LogP contribution in [-0.2, 0) is 12.8 Å². The third-order valence-corrected chi connectivity index (χ3v) is 4.97. The molecule has 0 spiro atoms. The summed E-state index contributed by atoms with van der Waals surface area (Å²) in [7, 11) is 0. The number of benzene rings is 1. The number of nitrogens with zero attached hydrogens (tertiary/aromatic N) is 1. The van der Waals surface area contributed by atoms with Crippen LogP contribution in [0.1, 0.15) is 23.2 Å². The Balaban J connectivity index is 1.41. The number of pyridine rings is 1. The minimum atomic E-state index is -0.170. The number of amides is 2. The maximum atomic E-state index is 12.4. The number of anilines is 1. The topological polar surface area (TPSA) is 69.8 Å². The maximum absolute atomic E-state index is 12.4. The normalized spacial score (nSPS) is 16.0. The number of aromatic nitrogens is 2. The van der Waals surface area contributed by atoms with Crippen LogP contribution >= 0.6 is 0 Å². The lowest BCUT2D eigenvalue weighted by molar-refractivity contribution is 0.247. The van der Waals surface area contributed by atoms with Gasteiger partial charge >= 0.3 is 6.03 Å². The zero-order valence-corrected chi connectivity index (χ0v) is 14.8. The van der Waals surface area contributed by atoms with Gasteiger partial charge in [-0.05, 0) is 42.5 Å². The second-order valence-electron chi connectivity index (χ2n) is 6.72. The lowest BCUT2D eigenvalue weighted by atomic mass is 9.92. The number of rotatable bonds is 3. The molecule has 0 saturated carbocycles. The van der Waals surface area contributed by atoms with E-state index in [0.29, 0.717) is 0 Å². The standard InChI is InChI=1S/C21H22N4O/c1-14-19(13-23-20(14)16-6-3-2-4-7-16)25-21(26)24-17-10-9-15-8-5-11-22-18(15)12-17/h2-8,11,13,17,23H,9-10,12H2,1H3,(H2,24,25,26). The summed E-state index contributed by atoms with van der Waals surface area (Å²) in [4.78, 5) is 20.1. The molecule has 0 bridgehead atoms. The molecule has 1 atom stereocenters. The van der Waals surface area contributed by atoms with Crippen LogP contribution in [0.15, 0.2) is 54.9 Å². The van der Waals surface area contributed by atoms with Crippen molar-refractivity contribution in [1.29, 1.82) is 0 Å². The molecule has 3 N–H and O–H groups in total. The van der Waals surface area contributed by atoms with Crippen LogP contribution in [-0.4, -0.2) is 22.0 Å². The molecule has 4 rings (SSSR count). The van der Waals surface area contributed by atoms with Gasteiger partial charge in [-0.15, -0.1) is 0 Å². The first-order chi connectivity index (χ1) is 12.7. The van der Waals surface area contributed by atoms with Crippen molar-refractivity contribution >= 4 is 11.7 Å². The van der Waals surface area contributed by atoms with Crippen molar-refractivity contribution < 1.29 is 4.79 Å². The first-order valence-corrected chi connectivity index (χ1v) is 8.94. The number of nitrogens with one attached hydrogen (secondary N) is 3. The highest BCUT2D eigenvalue weighted by Gasteiger charge is 2.21. The number of fused-ring (bicyclic) bond motifs is 1. The van der Waals surface area contributed by atoms with Gasteiger partial charge in [0.25, 0.3) is 0 Å². The number of hydrogen-bond donors (Lipinski definition) is 3. The minimum Gasteiger partial charge on any atom is -0.359 e. The molecule has 0 saturated heterocycles. The summed E-state index contributed by atoms with van der Waals surface area (Å²) in [6.07, 6.45) is 6.33. The summed E-state index contributed by atoms with van der Waals surface area (Å²) in [6.45, 7) is 2.01. The Morgan fingerprint density at radius 1 is 1.19 bits per heavy atom. The summed E-state index contributed by atoms with van der Waals surface area (Å²) >= 11 is 0. The molecule has 132 valence electrons. The zero-order valence-electron chi connectivity index (χ0n) is 14.8. The van der Waals surface area contributed by atoms with Gasteiger partial charge in [0.1, 0.15) is 0 Å². The summed E-state index contributed by atoms with van der Waals surface area (Å²) in [5.41, 5.74) is 6.34. The van der Waals surface area contributed by atoms with E-state index >= 15 is 0 Å². The third kappa shape index (κ3) is 3.33. The third-order valence-electron chi connectivity index (χ3n) is 4.97. The van der Waals surface area contributed by atoms with Gasteiger partial charge < -0.3 is 15.6 Å². The van der Waals surface area contributed by atoms with Gasteiger partial charge in [-0.3, -0.25) is 4.98 Å². The van der Waals surface area contributed by atoms with Crippen molar-refractivity contribution in [2.75, 3.05) is 5.32 Å². The molecule has 2 aromatic heterocycles. The second-order valence-corrected chi connectivity index (χ2v) is 6.72. The average molecular weight is 346 g/mol. The van der Waals surface area contributed by atoms with E-state index in [-0.39, 0.29) is 12.1 Å². The Kier molecular flexibility index (Phi) is 4.44. The molecule has 0 fully saturated rings. The fourth-order valence-electron chi connectivity index (χ4n) is 3.54. The minimum absolute atomic E-state index is 0.116. The Labute approximate surface area is 152 Å². The van der Waals surface area contributed by atoms with E-state index in [0.717, 1.165) is 47.5 Å². The molecule has 0 radical (unpaired) electrons. The van der Waals surface area contributed by atoms with Gasteiger partial charge in [0.2, 0.25) is 0 Å². The van der Waals surface area contributed by atoms with Crippen LogP contribution < -0.4 is 10.6 Å². The van der Waals surface area contributed by atoms with Crippen molar-refractivity contribution in [3.05, 3.63) is 71.7 Å². The van der Waals surface area contributed by atoms with Crippen molar-refractivity contribution in [3.8, 4) is 11.3 Å². The van der Waals surface area contributed by atoms with Gasteiger partial charge in [0.05, 0.1) is 11.4 Å². The summed E-state index contributed by atoms with van der Waals surface area (Å²) in [5.74, 6) is 0. The SMILES string of the molecule is Cc1c(NC(=O)NC2CCc3cccnc3C2)c[nH]c1-c1ccccc1. The molecule has 1 aromatic carbocycles. The summed E-state index contributed by atoms with van der Waals surface area (Å²) in [5, 5.41) is 6.05. The van der Waals surface area contributed by atoms with Gasteiger partial charge in [-0.25, -0.2) is 4.79 Å². The molecular weight excluding hydrogens is 324 g/mol. The average Bonchev–Trinajstić information content (AvgIpc) is 3.02. The maximum Gasteiger partial charge on any atom is 0.319 e. The lowest BCUT2D eigenvalue weighted by Crippen LogP contribution is -2.41. The molecule has 3 aromatic rings. The van der Waals surface area contributed by atoms with E-state index in [4.69, 9.17) is 0 Å². The van der Waals surface area contributed by atoms with E-state index in [1.165, 1.54) is 5.56 Å². The van der Waals surface area contributed by atoms with Crippen LogP contribution in [0, 0.1) is 6.92 Å². The molecular formula is C21H22N4O. The number of aryl methyl sites for hydroxylation is 1. The predicted molar refractivity (Wildman–Crippen MR) is 103 cm³/mol. The molecule has 2 heterocycles. The first kappa shape index (κ1) is 16.4. The molecule has 0 aliphatic heterocycles. The molecule has 2 amide bonds. The van der Waals surface area contributed by atoms with E-state index in [2.05, 4.69) is 38.8 Å². The van der Waals surface area contributed by atoms with Gasteiger partial charge in [0.15, 0.2) is 0 Å². The van der Waals surface area contributed by atoms with E-state index in [9.17, 15) is 4.79 Å². The van der Waals surface area contributed by atoms with Gasteiger partial charge in [0, 0.05) is 30.6 Å². The predicted octanol–water partition coefficient (Wildman–Crippen LogP) is 4.06. The number of hydrogen-bond acceptors (Lipinski definition) is 2. The largest absolute Gasteiger partial charge is 0.359 e. The van der Waals surface area contributed by atoms with Crippen LogP contribution in [0.3, 0.4) is 0 Å². The Morgan fingerprint density at radius 3 is 2.88 bits per heavy atom. The highest BCUT2D eigenvalue weighted by Crippen LogP contribution is 2.27. The zero-order chi connectivity index (χ0) is 17.9. The van der Waals surface area contributed by atoms with E-state index in [1.807, 2.05) is 43.6 Å². The summed E-state index contributed by atoms with van der Waals surface area (Å²) in [6, 6.07) is 14.1. The molecule has 1 unspecified atom stereocenters. The smallest absolute Gasteiger partial charge is 0.319 e. The van der Waals surface area contributed by atoms with Crippen molar-refractivity contribution in [2.45, 2.75) is 32.2 Å². The van der Waals surface area contributed by atoms with Crippen LogP contribution in [0.25, 0.3) is 11.3 Å². The van der Waals surface area contributed by atoms with E-state index in [1.54, 1.807) is 0 Å². The fraction of sp³-hybridized carbons (Fsp3) is 0.238. The quantitative estimate of drug-likeness (QED) is 0.669. The highest BCUT2D eigenvalue weighted by atomic mass is 16.2. The number of H-pyrrole nitrogens is 1. The summed E-state index contributed by atoms with van der Waals surface area (Å²) < 4.78 is 0. The van der Waals surface area contributed by atoms with Crippen LogP contribution in [0.4, 0.5) is 10.5 Å². The van der Waals surface area contributed by atoms with Crippen molar-refractivity contribution in [1.82, 2.24) is 15.3 Å². The van der Waals surface area contributed by atoms with Crippen LogP contribution in [0.2, 0.25) is 0 Å². The Bertz CT molecular complexity index is 917. The Morgan fingerprint density at radius 2 is 2.04 bits per heavy atom. The molecule has 26 heavy (non-hydrogen) atoms. The van der Waals surface area contributed by atoms with Gasteiger partial charge in [-0.2, -0.15) is 0 Å².